The summed E-state index contributed by atoms with van der Waals surface area (Å²) in [6.45, 7) is 1.35. The molecule has 2 aromatic carbocycles. The topological polar surface area (TPSA) is 77.0 Å². The maximum absolute atomic E-state index is 12.1. The number of aliphatic hydroxyl groups is 1. The number of hydrogen-bond donors (Lipinski definition) is 3. The van der Waals surface area contributed by atoms with Gasteiger partial charge in [0, 0.05) is 45.7 Å². The van der Waals surface area contributed by atoms with Crippen LogP contribution in [0.15, 0.2) is 59.6 Å². The van der Waals surface area contributed by atoms with Crippen LogP contribution in [0.25, 0.3) is 0 Å². The first-order chi connectivity index (χ1) is 13.5. The van der Waals surface area contributed by atoms with Gasteiger partial charge in [0.05, 0.1) is 6.61 Å². The van der Waals surface area contributed by atoms with E-state index in [0.29, 0.717) is 24.6 Å². The molecule has 2 aromatic rings. The summed E-state index contributed by atoms with van der Waals surface area (Å²) in [7, 11) is 5.23. The molecule has 0 aromatic heterocycles. The molecule has 0 aliphatic carbocycles. The minimum atomic E-state index is 0. The quantitative estimate of drug-likeness (QED) is 0.290. The van der Waals surface area contributed by atoms with Crippen molar-refractivity contribution in [2.45, 2.75) is 12.3 Å². The summed E-state index contributed by atoms with van der Waals surface area (Å²) in [6, 6.07) is 17.6. The van der Waals surface area contributed by atoms with Crippen molar-refractivity contribution in [1.29, 1.82) is 0 Å². The number of nitrogens with zero attached hydrogens (tertiary/aromatic N) is 2. The molecule has 1 unspecified atom stereocenters. The molecule has 0 spiro atoms. The Morgan fingerprint density at radius 3 is 2.45 bits per heavy atom. The first kappa shape index (κ1) is 24.9. The van der Waals surface area contributed by atoms with Crippen molar-refractivity contribution < 1.29 is 9.90 Å². The lowest BCUT2D eigenvalue weighted by atomic mass is 10.0. The van der Waals surface area contributed by atoms with E-state index in [0.717, 1.165) is 17.5 Å². The summed E-state index contributed by atoms with van der Waals surface area (Å²) in [6.07, 6.45) is 0.775. The maximum Gasteiger partial charge on any atom is 0.253 e. The number of rotatable bonds is 8. The van der Waals surface area contributed by atoms with Crippen LogP contribution in [0.2, 0.25) is 0 Å². The SMILES string of the molecule is CN=C(NCCc1cccc(C(=O)N(C)C)c1)NCC(CO)c1ccccc1.I. The highest BCUT2D eigenvalue weighted by atomic mass is 127. The zero-order valence-corrected chi connectivity index (χ0v) is 19.6. The monoisotopic (exact) mass is 510 g/mol. The summed E-state index contributed by atoms with van der Waals surface area (Å²) in [4.78, 5) is 17.9. The number of carbonyl (C=O) groups excluding carboxylic acids is 1. The third-order valence-electron chi connectivity index (χ3n) is 4.52. The van der Waals surface area contributed by atoms with Crippen LogP contribution in [0, 0.1) is 0 Å². The first-order valence-electron chi connectivity index (χ1n) is 9.46. The zero-order valence-electron chi connectivity index (χ0n) is 17.3. The fourth-order valence-corrected chi connectivity index (χ4v) is 2.90. The smallest absolute Gasteiger partial charge is 0.253 e. The number of nitrogens with one attached hydrogen (secondary N) is 2. The van der Waals surface area contributed by atoms with E-state index < -0.39 is 0 Å². The van der Waals surface area contributed by atoms with Gasteiger partial charge < -0.3 is 20.6 Å². The van der Waals surface area contributed by atoms with Crippen LogP contribution in [0.5, 0.6) is 0 Å². The van der Waals surface area contributed by atoms with Gasteiger partial charge in [-0.25, -0.2) is 0 Å². The fraction of sp³-hybridized carbons (Fsp3) is 0.364. The molecule has 0 radical (unpaired) electrons. The summed E-state index contributed by atoms with van der Waals surface area (Å²) in [5.74, 6) is 0.701. The second kappa shape index (κ2) is 13.2. The molecule has 0 aliphatic rings. The third-order valence-corrected chi connectivity index (χ3v) is 4.52. The molecule has 3 N–H and O–H groups in total. The van der Waals surface area contributed by atoms with Crippen LogP contribution in [-0.4, -0.2) is 62.7 Å². The highest BCUT2D eigenvalue weighted by molar-refractivity contribution is 14.0. The standard InChI is InChI=1S/C22H30N4O2.HI/c1-23-22(25-15-20(16-27)18-9-5-4-6-10-18)24-13-12-17-8-7-11-19(14-17)21(28)26(2)3;/h4-11,14,20,27H,12-13,15-16H2,1-3H3,(H2,23,24,25);1H. The largest absolute Gasteiger partial charge is 0.396 e. The average Bonchev–Trinajstić information content (AvgIpc) is 2.73. The van der Waals surface area contributed by atoms with Crippen LogP contribution in [0.4, 0.5) is 0 Å². The van der Waals surface area contributed by atoms with Crippen molar-refractivity contribution in [1.82, 2.24) is 15.5 Å². The molecule has 1 amide bonds. The van der Waals surface area contributed by atoms with Crippen LogP contribution in [0.1, 0.15) is 27.4 Å². The Morgan fingerprint density at radius 2 is 1.83 bits per heavy atom. The Bertz CT molecular complexity index is 781. The number of carbonyl (C=O) groups is 1. The molecule has 2 rings (SSSR count). The molecule has 0 saturated carbocycles. The van der Waals surface area contributed by atoms with Crippen LogP contribution in [-0.2, 0) is 6.42 Å². The van der Waals surface area contributed by atoms with E-state index in [1.165, 1.54) is 0 Å². The average molecular weight is 510 g/mol. The molecule has 0 fully saturated rings. The van der Waals surface area contributed by atoms with Crippen molar-refractivity contribution in [2.75, 3.05) is 40.8 Å². The lowest BCUT2D eigenvalue weighted by Crippen LogP contribution is -2.40. The molecule has 0 heterocycles. The molecule has 7 heteroatoms. The molecule has 6 nitrogen and oxygen atoms in total. The molecule has 0 bridgehead atoms. The highest BCUT2D eigenvalue weighted by Crippen LogP contribution is 2.13. The Labute approximate surface area is 190 Å². The number of guanidine groups is 1. The summed E-state index contributed by atoms with van der Waals surface area (Å²) >= 11 is 0. The van der Waals surface area contributed by atoms with E-state index in [4.69, 9.17) is 0 Å². The lowest BCUT2D eigenvalue weighted by Gasteiger charge is -2.18. The van der Waals surface area contributed by atoms with Gasteiger partial charge in [-0.05, 0) is 29.7 Å². The molecule has 0 aliphatic heterocycles. The highest BCUT2D eigenvalue weighted by Gasteiger charge is 2.11. The number of halogens is 1. The van der Waals surface area contributed by atoms with Crippen molar-refractivity contribution in [3.8, 4) is 0 Å². The number of aliphatic imine (C=N–C) groups is 1. The van der Waals surface area contributed by atoms with Crippen molar-refractivity contribution >= 4 is 35.8 Å². The number of hydrogen-bond acceptors (Lipinski definition) is 3. The van der Waals surface area contributed by atoms with Gasteiger partial charge in [-0.3, -0.25) is 9.79 Å². The van der Waals surface area contributed by atoms with Crippen LogP contribution in [0.3, 0.4) is 0 Å². The maximum atomic E-state index is 12.1. The van der Waals surface area contributed by atoms with Gasteiger partial charge in [0.25, 0.3) is 5.91 Å². The van der Waals surface area contributed by atoms with Crippen molar-refractivity contribution in [2.24, 2.45) is 4.99 Å². The van der Waals surface area contributed by atoms with E-state index in [2.05, 4.69) is 15.6 Å². The predicted octanol–water partition coefficient (Wildman–Crippen LogP) is 2.49. The Morgan fingerprint density at radius 1 is 1.10 bits per heavy atom. The molecular formula is C22H31IN4O2. The second-order valence-corrected chi connectivity index (χ2v) is 6.82. The molecule has 1 atom stereocenters. The van der Waals surface area contributed by atoms with E-state index >= 15 is 0 Å². The van der Waals surface area contributed by atoms with Crippen LogP contribution >= 0.6 is 24.0 Å². The summed E-state index contributed by atoms with van der Waals surface area (Å²) in [5, 5.41) is 16.2. The van der Waals surface area contributed by atoms with Crippen molar-refractivity contribution in [3.05, 3.63) is 71.3 Å². The third kappa shape index (κ3) is 8.02. The van der Waals surface area contributed by atoms with Gasteiger partial charge in [-0.15, -0.1) is 24.0 Å². The van der Waals surface area contributed by atoms with Crippen molar-refractivity contribution in [3.63, 3.8) is 0 Å². The normalized spacial score (nSPS) is 11.9. The minimum Gasteiger partial charge on any atom is -0.396 e. The molecular weight excluding hydrogens is 479 g/mol. The van der Waals surface area contributed by atoms with Crippen LogP contribution < -0.4 is 10.6 Å². The Kier molecular flexibility index (Phi) is 11.3. The number of benzene rings is 2. The van der Waals surface area contributed by atoms with E-state index in [9.17, 15) is 9.90 Å². The van der Waals surface area contributed by atoms with Gasteiger partial charge in [0.2, 0.25) is 0 Å². The zero-order chi connectivity index (χ0) is 20.4. The van der Waals surface area contributed by atoms with E-state index in [-0.39, 0.29) is 42.4 Å². The molecule has 29 heavy (non-hydrogen) atoms. The first-order valence-corrected chi connectivity index (χ1v) is 9.46. The van der Waals surface area contributed by atoms with Gasteiger partial charge >= 0.3 is 0 Å². The van der Waals surface area contributed by atoms with Gasteiger partial charge in [0.15, 0.2) is 5.96 Å². The fourth-order valence-electron chi connectivity index (χ4n) is 2.90. The van der Waals surface area contributed by atoms with E-state index in [1.807, 2.05) is 54.6 Å². The number of aliphatic hydroxyl groups excluding tert-OH is 1. The molecule has 0 saturated heterocycles. The molecule has 158 valence electrons. The summed E-state index contributed by atoms with van der Waals surface area (Å²) < 4.78 is 0. The number of amides is 1. The van der Waals surface area contributed by atoms with Gasteiger partial charge in [-0.1, -0.05) is 42.5 Å². The predicted molar refractivity (Wildman–Crippen MR) is 129 cm³/mol. The lowest BCUT2D eigenvalue weighted by molar-refractivity contribution is 0.0827. The van der Waals surface area contributed by atoms with Gasteiger partial charge in [-0.2, -0.15) is 0 Å². The Hall–Kier alpha value is -2.13. The second-order valence-electron chi connectivity index (χ2n) is 6.82. The minimum absolute atomic E-state index is 0. The Balaban J connectivity index is 0.00000420. The summed E-state index contributed by atoms with van der Waals surface area (Å²) in [5.41, 5.74) is 2.88. The van der Waals surface area contributed by atoms with Gasteiger partial charge in [0.1, 0.15) is 0 Å². The van der Waals surface area contributed by atoms with E-state index in [1.54, 1.807) is 26.0 Å².